The maximum atomic E-state index is 13.0. The Hall–Kier alpha value is -2.03. The third kappa shape index (κ3) is 5.47. The molecule has 0 aliphatic rings. The molecule has 0 spiro atoms. The molecule has 1 heterocycles. The number of carbonyl (C=O) groups is 1. The van der Waals surface area contributed by atoms with Crippen molar-refractivity contribution in [1.82, 2.24) is 10.2 Å². The maximum Gasteiger partial charge on any atom is 0.242 e. The fourth-order valence-corrected chi connectivity index (χ4v) is 5.45. The number of nitrogens with one attached hydrogen (secondary N) is 1. The molecule has 0 fully saturated rings. The summed E-state index contributed by atoms with van der Waals surface area (Å²) in [4.78, 5) is 13.0. The summed E-state index contributed by atoms with van der Waals surface area (Å²) in [5, 5.41) is 11.0. The Bertz CT molecular complexity index is 887. The number of hydrogen-bond acceptors (Lipinski definition) is 7. The Kier molecular flexibility index (Phi) is 7.14. The van der Waals surface area contributed by atoms with Crippen molar-refractivity contribution >= 4 is 46.5 Å². The Balaban J connectivity index is 1.81. The average molecular weight is 418 g/mol. The first-order valence-electron chi connectivity index (χ1n) is 8.32. The number of benzene rings is 2. The molecule has 1 N–H and O–H groups in total. The number of methoxy groups -OCH3 is 1. The van der Waals surface area contributed by atoms with Gasteiger partial charge in [0.2, 0.25) is 5.91 Å². The largest absolute Gasteiger partial charge is 0.497 e. The van der Waals surface area contributed by atoms with E-state index in [1.165, 1.54) is 23.1 Å². The van der Waals surface area contributed by atoms with Crippen LogP contribution < -0.4 is 10.1 Å². The van der Waals surface area contributed by atoms with E-state index in [0.717, 1.165) is 20.0 Å². The topological polar surface area (TPSA) is 64.1 Å². The van der Waals surface area contributed by atoms with E-state index in [-0.39, 0.29) is 5.91 Å². The van der Waals surface area contributed by atoms with Gasteiger partial charge in [0.1, 0.15) is 11.0 Å². The second-order valence-electron chi connectivity index (χ2n) is 5.40. The van der Waals surface area contributed by atoms with E-state index in [1.807, 2.05) is 48.5 Å². The van der Waals surface area contributed by atoms with Crippen LogP contribution in [0.2, 0.25) is 0 Å². The van der Waals surface area contributed by atoms with Crippen LogP contribution in [0.25, 0.3) is 0 Å². The van der Waals surface area contributed by atoms with Crippen molar-refractivity contribution in [1.29, 1.82) is 0 Å². The fourth-order valence-electron chi connectivity index (χ4n) is 2.34. The highest BCUT2D eigenvalue weighted by molar-refractivity contribution is 8.03. The Morgan fingerprint density at radius 1 is 1.15 bits per heavy atom. The van der Waals surface area contributed by atoms with E-state index in [1.54, 1.807) is 24.9 Å². The molecule has 0 radical (unpaired) electrons. The minimum atomic E-state index is -0.426. The molecule has 1 aromatic heterocycles. The van der Waals surface area contributed by atoms with Crippen molar-refractivity contribution in [3.8, 4) is 5.75 Å². The lowest BCUT2D eigenvalue weighted by molar-refractivity contribution is -0.115. The first kappa shape index (κ1) is 19.7. The number of ether oxygens (including phenoxy) is 1. The third-order valence-electron chi connectivity index (χ3n) is 3.55. The van der Waals surface area contributed by atoms with Crippen LogP contribution in [-0.4, -0.2) is 29.0 Å². The first-order valence-corrected chi connectivity index (χ1v) is 11.0. The summed E-state index contributed by atoms with van der Waals surface area (Å²) in [7, 11) is 1.60. The van der Waals surface area contributed by atoms with Gasteiger partial charge in [-0.25, -0.2) is 0 Å². The fraction of sp³-hybridized carbons (Fsp3) is 0.211. The molecule has 0 bridgehead atoms. The van der Waals surface area contributed by atoms with Gasteiger partial charge in [-0.2, -0.15) is 0 Å². The molecule has 27 heavy (non-hydrogen) atoms. The molecular formula is C19H19N3O2S3. The maximum absolute atomic E-state index is 13.0. The minimum absolute atomic E-state index is 0.112. The standard InChI is InChI=1S/C19H19N3O2S3/c1-3-25-18-21-22-19(27-18)26-16(13-8-5-4-6-9-13)17(23)20-14-10-7-11-15(12-14)24-2/h4-12,16H,3H2,1-2H3,(H,20,23)/t16-/m0/s1. The van der Waals surface area contributed by atoms with E-state index < -0.39 is 5.25 Å². The van der Waals surface area contributed by atoms with E-state index in [0.29, 0.717) is 11.4 Å². The van der Waals surface area contributed by atoms with E-state index >= 15 is 0 Å². The van der Waals surface area contributed by atoms with Crippen LogP contribution in [0.3, 0.4) is 0 Å². The quantitative estimate of drug-likeness (QED) is 0.513. The van der Waals surface area contributed by atoms with Gasteiger partial charge in [-0.05, 0) is 23.4 Å². The van der Waals surface area contributed by atoms with Crippen LogP contribution in [0.1, 0.15) is 17.7 Å². The number of amides is 1. The Labute approximate surface area is 170 Å². The van der Waals surface area contributed by atoms with Gasteiger partial charge in [-0.15, -0.1) is 10.2 Å². The van der Waals surface area contributed by atoms with E-state index in [4.69, 9.17) is 4.74 Å². The van der Waals surface area contributed by atoms with Gasteiger partial charge in [0.25, 0.3) is 0 Å². The van der Waals surface area contributed by atoms with Gasteiger partial charge in [0.15, 0.2) is 8.68 Å². The molecule has 5 nitrogen and oxygen atoms in total. The lowest BCUT2D eigenvalue weighted by atomic mass is 10.1. The normalized spacial score (nSPS) is 11.8. The SMILES string of the molecule is CCSc1nnc(S[C@H](C(=O)Nc2cccc(OC)c2)c2ccccc2)s1. The number of hydrogen-bond donors (Lipinski definition) is 1. The van der Waals surface area contributed by atoms with Gasteiger partial charge in [0.05, 0.1) is 7.11 Å². The molecule has 8 heteroatoms. The number of anilines is 1. The molecule has 0 saturated heterocycles. The first-order chi connectivity index (χ1) is 13.2. The summed E-state index contributed by atoms with van der Waals surface area (Å²) in [6.07, 6.45) is 0. The summed E-state index contributed by atoms with van der Waals surface area (Å²) < 4.78 is 6.92. The molecule has 140 valence electrons. The zero-order valence-corrected chi connectivity index (χ0v) is 17.4. The van der Waals surface area contributed by atoms with Gasteiger partial charge in [0, 0.05) is 11.8 Å². The number of carbonyl (C=O) groups excluding carboxylic acids is 1. The van der Waals surface area contributed by atoms with Crippen LogP contribution in [0, 0.1) is 0 Å². The summed E-state index contributed by atoms with van der Waals surface area (Å²) >= 11 is 4.58. The van der Waals surface area contributed by atoms with Crippen LogP contribution >= 0.6 is 34.9 Å². The number of thioether (sulfide) groups is 2. The molecule has 1 atom stereocenters. The average Bonchev–Trinajstić information content (AvgIpc) is 3.14. The van der Waals surface area contributed by atoms with Crippen molar-refractivity contribution < 1.29 is 9.53 Å². The summed E-state index contributed by atoms with van der Waals surface area (Å²) in [6, 6.07) is 17.0. The molecular weight excluding hydrogens is 398 g/mol. The second kappa shape index (κ2) is 9.77. The monoisotopic (exact) mass is 417 g/mol. The number of aromatic nitrogens is 2. The third-order valence-corrected chi connectivity index (χ3v) is 6.83. The van der Waals surface area contributed by atoms with Gasteiger partial charge >= 0.3 is 0 Å². The zero-order chi connectivity index (χ0) is 19.1. The van der Waals surface area contributed by atoms with Crippen molar-refractivity contribution in [2.24, 2.45) is 0 Å². The van der Waals surface area contributed by atoms with Gasteiger partial charge < -0.3 is 10.1 Å². The van der Waals surface area contributed by atoms with Crippen LogP contribution in [0.5, 0.6) is 5.75 Å². The summed E-state index contributed by atoms with van der Waals surface area (Å²) in [5.74, 6) is 1.53. The van der Waals surface area contributed by atoms with E-state index in [9.17, 15) is 4.79 Å². The Morgan fingerprint density at radius 2 is 1.93 bits per heavy atom. The molecule has 0 aliphatic heterocycles. The molecule has 2 aromatic carbocycles. The van der Waals surface area contributed by atoms with Crippen molar-refractivity contribution in [3.63, 3.8) is 0 Å². The molecule has 1 amide bonds. The second-order valence-corrected chi connectivity index (χ2v) is 9.24. The molecule has 0 unspecified atom stereocenters. The Morgan fingerprint density at radius 3 is 2.67 bits per heavy atom. The van der Waals surface area contributed by atoms with Crippen molar-refractivity contribution in [2.45, 2.75) is 20.9 Å². The summed E-state index contributed by atoms with van der Waals surface area (Å²) in [5.41, 5.74) is 1.61. The minimum Gasteiger partial charge on any atom is -0.497 e. The van der Waals surface area contributed by atoms with Gasteiger partial charge in [-0.1, -0.05) is 78.2 Å². The van der Waals surface area contributed by atoms with Crippen molar-refractivity contribution in [3.05, 3.63) is 60.2 Å². The zero-order valence-electron chi connectivity index (χ0n) is 14.9. The van der Waals surface area contributed by atoms with Crippen molar-refractivity contribution in [2.75, 3.05) is 18.2 Å². The number of rotatable bonds is 8. The van der Waals surface area contributed by atoms with E-state index in [2.05, 4.69) is 22.4 Å². The lowest BCUT2D eigenvalue weighted by Crippen LogP contribution is -2.19. The smallest absolute Gasteiger partial charge is 0.242 e. The molecule has 3 rings (SSSR count). The molecule has 0 aliphatic carbocycles. The molecule has 0 saturated carbocycles. The molecule has 3 aromatic rings. The van der Waals surface area contributed by atoms with Crippen LogP contribution in [-0.2, 0) is 4.79 Å². The highest BCUT2D eigenvalue weighted by Crippen LogP contribution is 2.39. The summed E-state index contributed by atoms with van der Waals surface area (Å²) in [6.45, 7) is 2.08. The number of nitrogens with zero attached hydrogens (tertiary/aromatic N) is 2. The predicted octanol–water partition coefficient (Wildman–Crippen LogP) is 5.13. The highest BCUT2D eigenvalue weighted by atomic mass is 32.2. The lowest BCUT2D eigenvalue weighted by Gasteiger charge is -2.16. The highest BCUT2D eigenvalue weighted by Gasteiger charge is 2.24. The van der Waals surface area contributed by atoms with Crippen LogP contribution in [0.15, 0.2) is 63.3 Å². The predicted molar refractivity (Wildman–Crippen MR) is 113 cm³/mol. The van der Waals surface area contributed by atoms with Gasteiger partial charge in [-0.3, -0.25) is 4.79 Å². The van der Waals surface area contributed by atoms with Crippen LogP contribution in [0.4, 0.5) is 5.69 Å².